The van der Waals surface area contributed by atoms with Gasteiger partial charge >= 0.3 is 5.97 Å². The maximum absolute atomic E-state index is 11.4. The molecule has 0 aliphatic carbocycles. The third kappa shape index (κ3) is 3.41. The molecule has 2 rings (SSSR count). The Morgan fingerprint density at radius 3 is 2.80 bits per heavy atom. The zero-order valence-electron chi connectivity index (χ0n) is 11.1. The van der Waals surface area contributed by atoms with Crippen LogP contribution in [0.5, 0.6) is 0 Å². The van der Waals surface area contributed by atoms with Gasteiger partial charge in [0.05, 0.1) is 17.3 Å². The lowest BCUT2D eigenvalue weighted by Crippen LogP contribution is -2.13. The molecule has 0 aliphatic rings. The quantitative estimate of drug-likeness (QED) is 0.753. The second-order valence-corrected chi connectivity index (χ2v) is 6.30. The van der Waals surface area contributed by atoms with E-state index in [1.54, 1.807) is 17.4 Å². The fraction of sp³-hybridized carbons (Fsp3) is 0.267. The zero-order valence-corrected chi connectivity index (χ0v) is 13.5. The first kappa shape index (κ1) is 15.1. The SMILES string of the molecule is CCCC(Nc1cccc(Br)c1C(=O)O)c1cccs1. The monoisotopic (exact) mass is 353 g/mol. The van der Waals surface area contributed by atoms with Gasteiger partial charge < -0.3 is 10.4 Å². The van der Waals surface area contributed by atoms with Crippen molar-refractivity contribution in [1.82, 2.24) is 0 Å². The minimum atomic E-state index is -0.929. The molecule has 3 nitrogen and oxygen atoms in total. The maximum Gasteiger partial charge on any atom is 0.338 e. The highest BCUT2D eigenvalue weighted by molar-refractivity contribution is 9.10. The van der Waals surface area contributed by atoms with Crippen LogP contribution in [-0.2, 0) is 0 Å². The minimum absolute atomic E-state index is 0.146. The Labute approximate surface area is 130 Å². The van der Waals surface area contributed by atoms with E-state index < -0.39 is 5.97 Å². The summed E-state index contributed by atoms with van der Waals surface area (Å²) in [6.45, 7) is 2.13. The Kier molecular flexibility index (Phi) is 5.20. The molecule has 0 radical (unpaired) electrons. The van der Waals surface area contributed by atoms with Gasteiger partial charge in [-0.05, 0) is 45.9 Å². The van der Waals surface area contributed by atoms with Crippen LogP contribution in [-0.4, -0.2) is 11.1 Å². The summed E-state index contributed by atoms with van der Waals surface area (Å²) in [4.78, 5) is 12.6. The topological polar surface area (TPSA) is 49.3 Å². The van der Waals surface area contributed by atoms with Gasteiger partial charge in [-0.25, -0.2) is 4.79 Å². The number of aromatic carboxylic acids is 1. The summed E-state index contributed by atoms with van der Waals surface area (Å²) in [6.07, 6.45) is 2.00. The Morgan fingerprint density at radius 1 is 1.40 bits per heavy atom. The molecule has 1 unspecified atom stereocenters. The predicted molar refractivity (Wildman–Crippen MR) is 86.7 cm³/mol. The van der Waals surface area contributed by atoms with Crippen LogP contribution in [0, 0.1) is 0 Å². The summed E-state index contributed by atoms with van der Waals surface area (Å²) in [6, 6.07) is 9.64. The molecule has 0 saturated carbocycles. The van der Waals surface area contributed by atoms with E-state index in [0.29, 0.717) is 10.2 Å². The highest BCUT2D eigenvalue weighted by atomic mass is 79.9. The molecular weight excluding hydrogens is 338 g/mol. The van der Waals surface area contributed by atoms with E-state index in [1.165, 1.54) is 4.88 Å². The Bertz CT molecular complexity index is 584. The fourth-order valence-corrected chi connectivity index (χ4v) is 3.46. The lowest BCUT2D eigenvalue weighted by atomic mass is 10.1. The molecule has 1 heterocycles. The smallest absolute Gasteiger partial charge is 0.338 e. The number of carboxylic acid groups (broad SMARTS) is 1. The molecule has 0 amide bonds. The number of rotatable bonds is 6. The van der Waals surface area contributed by atoms with Crippen LogP contribution in [0.4, 0.5) is 5.69 Å². The highest BCUT2D eigenvalue weighted by Crippen LogP contribution is 2.31. The first-order valence-corrected chi connectivity index (χ1v) is 8.12. The van der Waals surface area contributed by atoms with Crippen LogP contribution >= 0.6 is 27.3 Å². The molecule has 1 aromatic heterocycles. The molecule has 1 aromatic carbocycles. The van der Waals surface area contributed by atoms with Crippen LogP contribution in [0.15, 0.2) is 40.2 Å². The molecule has 5 heteroatoms. The van der Waals surface area contributed by atoms with Crippen molar-refractivity contribution in [3.05, 3.63) is 50.6 Å². The third-order valence-electron chi connectivity index (χ3n) is 3.02. The van der Waals surface area contributed by atoms with Gasteiger partial charge in [0, 0.05) is 9.35 Å². The number of thiophene rings is 1. The van der Waals surface area contributed by atoms with Crippen molar-refractivity contribution in [1.29, 1.82) is 0 Å². The number of hydrogen-bond donors (Lipinski definition) is 2. The van der Waals surface area contributed by atoms with E-state index in [0.717, 1.165) is 12.8 Å². The first-order chi connectivity index (χ1) is 9.63. The van der Waals surface area contributed by atoms with Gasteiger partial charge in [-0.1, -0.05) is 25.5 Å². The van der Waals surface area contributed by atoms with Gasteiger partial charge in [0.2, 0.25) is 0 Å². The van der Waals surface area contributed by atoms with Crippen molar-refractivity contribution in [2.45, 2.75) is 25.8 Å². The molecular formula is C15H16BrNO2S. The average molecular weight is 354 g/mol. The summed E-state index contributed by atoms with van der Waals surface area (Å²) >= 11 is 4.99. The van der Waals surface area contributed by atoms with Gasteiger partial charge in [0.15, 0.2) is 0 Å². The minimum Gasteiger partial charge on any atom is -0.478 e. The standard InChI is InChI=1S/C15H16BrNO2S/c1-2-5-11(13-8-4-9-20-13)17-12-7-3-6-10(16)14(12)15(18)19/h3-4,6-9,11,17H,2,5H2,1H3,(H,18,19). The zero-order chi connectivity index (χ0) is 14.5. The highest BCUT2D eigenvalue weighted by Gasteiger charge is 2.18. The molecule has 0 bridgehead atoms. The molecule has 2 aromatic rings. The van der Waals surface area contributed by atoms with Crippen molar-refractivity contribution in [2.75, 3.05) is 5.32 Å². The van der Waals surface area contributed by atoms with Gasteiger partial charge in [-0.3, -0.25) is 0 Å². The van der Waals surface area contributed by atoms with Crippen molar-refractivity contribution in [3.8, 4) is 0 Å². The molecule has 0 aliphatic heterocycles. The number of carboxylic acids is 1. The van der Waals surface area contributed by atoms with Crippen LogP contribution < -0.4 is 5.32 Å². The molecule has 106 valence electrons. The fourth-order valence-electron chi connectivity index (χ4n) is 2.11. The summed E-state index contributed by atoms with van der Waals surface area (Å²) in [5, 5.41) is 14.8. The van der Waals surface area contributed by atoms with E-state index in [-0.39, 0.29) is 11.6 Å². The van der Waals surface area contributed by atoms with E-state index in [1.807, 2.05) is 23.6 Å². The summed E-state index contributed by atoms with van der Waals surface area (Å²) in [7, 11) is 0. The van der Waals surface area contributed by atoms with Crippen LogP contribution in [0.3, 0.4) is 0 Å². The van der Waals surface area contributed by atoms with Crippen molar-refractivity contribution < 1.29 is 9.90 Å². The lowest BCUT2D eigenvalue weighted by molar-refractivity contribution is 0.0697. The molecule has 1 atom stereocenters. The second-order valence-electron chi connectivity index (χ2n) is 4.47. The maximum atomic E-state index is 11.4. The normalized spacial score (nSPS) is 12.1. The first-order valence-electron chi connectivity index (χ1n) is 6.45. The predicted octanol–water partition coefficient (Wildman–Crippen LogP) is 5.16. The molecule has 2 N–H and O–H groups in total. The largest absolute Gasteiger partial charge is 0.478 e. The van der Waals surface area contributed by atoms with Crippen molar-refractivity contribution in [3.63, 3.8) is 0 Å². The van der Waals surface area contributed by atoms with E-state index in [9.17, 15) is 9.90 Å². The molecule has 0 saturated heterocycles. The average Bonchev–Trinajstić information content (AvgIpc) is 2.91. The second kappa shape index (κ2) is 6.90. The van der Waals surface area contributed by atoms with E-state index in [4.69, 9.17) is 0 Å². The van der Waals surface area contributed by atoms with Crippen LogP contribution in [0.25, 0.3) is 0 Å². The summed E-state index contributed by atoms with van der Waals surface area (Å²) in [5.74, 6) is -0.929. The number of nitrogens with one attached hydrogen (secondary N) is 1. The Hall–Kier alpha value is -1.33. The van der Waals surface area contributed by atoms with E-state index in [2.05, 4.69) is 34.2 Å². The lowest BCUT2D eigenvalue weighted by Gasteiger charge is -2.20. The number of hydrogen-bond acceptors (Lipinski definition) is 3. The van der Waals surface area contributed by atoms with Gasteiger partial charge in [0.25, 0.3) is 0 Å². The number of halogens is 1. The summed E-state index contributed by atoms with van der Waals surface area (Å²) < 4.78 is 0.594. The van der Waals surface area contributed by atoms with Gasteiger partial charge in [-0.2, -0.15) is 0 Å². The number of benzene rings is 1. The summed E-state index contributed by atoms with van der Waals surface area (Å²) in [5.41, 5.74) is 0.934. The van der Waals surface area contributed by atoms with Crippen molar-refractivity contribution in [2.24, 2.45) is 0 Å². The Morgan fingerprint density at radius 2 is 2.20 bits per heavy atom. The van der Waals surface area contributed by atoms with Crippen LogP contribution in [0.2, 0.25) is 0 Å². The molecule has 20 heavy (non-hydrogen) atoms. The van der Waals surface area contributed by atoms with Crippen LogP contribution in [0.1, 0.15) is 41.0 Å². The Balaban J connectivity index is 2.32. The van der Waals surface area contributed by atoms with E-state index >= 15 is 0 Å². The number of carbonyl (C=O) groups is 1. The molecule has 0 spiro atoms. The van der Waals surface area contributed by atoms with Crippen molar-refractivity contribution >= 4 is 38.9 Å². The third-order valence-corrected chi connectivity index (χ3v) is 4.67. The van der Waals surface area contributed by atoms with Gasteiger partial charge in [0.1, 0.15) is 0 Å². The number of anilines is 1. The molecule has 0 fully saturated rings. The van der Waals surface area contributed by atoms with Gasteiger partial charge in [-0.15, -0.1) is 11.3 Å².